The molecule has 0 radical (unpaired) electrons. The van der Waals surface area contributed by atoms with Gasteiger partial charge in [-0.25, -0.2) is 18.7 Å². The van der Waals surface area contributed by atoms with E-state index in [1.165, 1.54) is 12.1 Å². The summed E-state index contributed by atoms with van der Waals surface area (Å²) in [6, 6.07) is 15.5. The van der Waals surface area contributed by atoms with E-state index in [2.05, 4.69) is 25.3 Å². The maximum Gasteiger partial charge on any atom is 0.410 e. The highest BCUT2D eigenvalue weighted by Crippen LogP contribution is 2.32. The van der Waals surface area contributed by atoms with Crippen molar-refractivity contribution in [3.05, 3.63) is 111 Å². The Kier molecular flexibility index (Phi) is 16.9. The average Bonchev–Trinajstić information content (AvgIpc) is 3.42. The number of piperazine rings is 2. The fraction of sp³-hybridized carbons (Fsp3) is 0.561. The lowest BCUT2D eigenvalue weighted by Crippen LogP contribution is -2.57. The number of nitrogens with one attached hydrogen (secondary N) is 2. The molecule has 75 heavy (non-hydrogen) atoms. The summed E-state index contributed by atoms with van der Waals surface area (Å²) in [6.07, 6.45) is 8.04. The number of H-pyrrole nitrogens is 1. The molecule has 1 unspecified atom stereocenters. The molecule has 18 heteroatoms. The molecule has 1 aliphatic carbocycles. The van der Waals surface area contributed by atoms with Gasteiger partial charge >= 0.3 is 6.09 Å². The third-order valence-electron chi connectivity index (χ3n) is 16.0. The van der Waals surface area contributed by atoms with Crippen LogP contribution in [0.2, 0.25) is 0 Å². The van der Waals surface area contributed by atoms with E-state index in [1.54, 1.807) is 51.1 Å². The summed E-state index contributed by atoms with van der Waals surface area (Å²) in [4.78, 5) is 92.2. The number of hydrogen-bond donors (Lipinski definition) is 2. The third-order valence-corrected chi connectivity index (χ3v) is 16.0. The Morgan fingerprint density at radius 3 is 2.09 bits per heavy atom. The number of carbonyl (C=O) groups excluding carboxylic acids is 5. The van der Waals surface area contributed by atoms with Crippen LogP contribution in [0.15, 0.2) is 65.5 Å². The zero-order valence-corrected chi connectivity index (χ0v) is 43.8. The van der Waals surface area contributed by atoms with Crippen molar-refractivity contribution >= 4 is 40.5 Å². The Morgan fingerprint density at radius 2 is 1.37 bits per heavy atom. The van der Waals surface area contributed by atoms with Gasteiger partial charge in [-0.1, -0.05) is 49.6 Å². The Bertz CT molecular complexity index is 2770. The monoisotopic (exact) mass is 1030 g/mol. The van der Waals surface area contributed by atoms with Crippen molar-refractivity contribution < 1.29 is 37.5 Å². The van der Waals surface area contributed by atoms with E-state index < -0.39 is 35.1 Å². The average molecular weight is 1030 g/mol. The van der Waals surface area contributed by atoms with Gasteiger partial charge in [0.15, 0.2) is 0 Å². The minimum absolute atomic E-state index is 0.0177. The van der Waals surface area contributed by atoms with Gasteiger partial charge in [-0.05, 0) is 126 Å². The van der Waals surface area contributed by atoms with Crippen LogP contribution in [-0.4, -0.2) is 173 Å². The van der Waals surface area contributed by atoms with Crippen molar-refractivity contribution in [1.29, 1.82) is 0 Å². The molecule has 1 aromatic heterocycles. The van der Waals surface area contributed by atoms with Gasteiger partial charge in [0.2, 0.25) is 11.8 Å². The van der Waals surface area contributed by atoms with Crippen molar-refractivity contribution in [2.45, 2.75) is 103 Å². The first kappa shape index (κ1) is 53.6. The molecule has 2 N–H and O–H groups in total. The van der Waals surface area contributed by atoms with Gasteiger partial charge in [0.05, 0.1) is 28.8 Å². The lowest BCUT2D eigenvalue weighted by molar-refractivity contribution is -0.137. The van der Waals surface area contributed by atoms with Gasteiger partial charge in [0.25, 0.3) is 17.4 Å². The number of piperidine rings is 2. The first-order valence-electron chi connectivity index (χ1n) is 27.2. The number of aromatic amines is 1. The van der Waals surface area contributed by atoms with Gasteiger partial charge in [0, 0.05) is 89.7 Å². The maximum absolute atomic E-state index is 15.5. The number of fused-ring (bicyclic) bond motifs is 1. The number of likely N-dealkylation sites (tertiary alicyclic amines) is 2. The second-order valence-corrected chi connectivity index (χ2v) is 22.4. The molecule has 5 amide bonds. The standard InChI is InChI=1S/C57H73F2N9O7/c1-57(2,3)75-56(74)68-21-9-12-42(36-68)41-16-18-47(58)45(34-41)52(70)60-51(40-10-5-4-6-11-40)55(73)67-26-24-64(25-27-67)35-38-19-22-63(23-20-38)37-50(69)65-28-30-66(31-29-65)54(72)46-32-39(15-17-48(46)59)33-49-43-13-7-8-14-44(43)53(71)62-61-49/h7-8,13-18,32,34,38,40,42,51H,4-6,9-12,19-31,33,35-37H2,1-3H3,(H,60,70)(H,62,71)/t42?,51-/m1/s1. The molecule has 1 saturated carbocycles. The molecule has 0 bridgehead atoms. The number of nitrogens with zero attached hydrogens (tertiary/aromatic N) is 7. The highest BCUT2D eigenvalue weighted by atomic mass is 19.1. The smallest absolute Gasteiger partial charge is 0.410 e. The lowest BCUT2D eigenvalue weighted by Gasteiger charge is -2.41. The largest absolute Gasteiger partial charge is 0.444 e. The van der Waals surface area contributed by atoms with Crippen molar-refractivity contribution in [3.63, 3.8) is 0 Å². The zero-order chi connectivity index (χ0) is 52.8. The van der Waals surface area contributed by atoms with Crippen LogP contribution in [0.4, 0.5) is 13.6 Å². The van der Waals surface area contributed by atoms with Gasteiger partial charge < -0.3 is 29.7 Å². The quantitative estimate of drug-likeness (QED) is 0.161. The van der Waals surface area contributed by atoms with E-state index in [0.717, 1.165) is 83.0 Å². The van der Waals surface area contributed by atoms with Gasteiger partial charge in [-0.2, -0.15) is 5.10 Å². The van der Waals surface area contributed by atoms with Crippen LogP contribution in [-0.2, 0) is 20.7 Å². The predicted octanol–water partition coefficient (Wildman–Crippen LogP) is 6.43. The highest BCUT2D eigenvalue weighted by molar-refractivity contribution is 5.98. The number of hydrogen-bond acceptors (Lipinski definition) is 10. The third kappa shape index (κ3) is 13.2. The van der Waals surface area contributed by atoms with Crippen molar-refractivity contribution in [2.24, 2.45) is 11.8 Å². The molecular weight excluding hydrogens is 961 g/mol. The molecular formula is C57H73F2N9O7. The molecule has 4 aliphatic heterocycles. The van der Waals surface area contributed by atoms with Crippen LogP contribution in [0.5, 0.6) is 0 Å². The van der Waals surface area contributed by atoms with Crippen molar-refractivity contribution in [1.82, 2.24) is 44.9 Å². The Balaban J connectivity index is 0.715. The fourth-order valence-electron chi connectivity index (χ4n) is 11.8. The van der Waals surface area contributed by atoms with Crippen LogP contribution >= 0.6 is 0 Å². The molecule has 4 saturated heterocycles. The molecule has 3 aromatic carbocycles. The van der Waals surface area contributed by atoms with E-state index in [0.29, 0.717) is 106 Å². The summed E-state index contributed by atoms with van der Waals surface area (Å²) in [5.74, 6) is -2.04. The Morgan fingerprint density at radius 1 is 0.707 bits per heavy atom. The van der Waals surface area contributed by atoms with E-state index >= 15 is 8.78 Å². The minimum Gasteiger partial charge on any atom is -0.444 e. The van der Waals surface area contributed by atoms with Crippen molar-refractivity contribution in [2.75, 3.05) is 91.6 Å². The van der Waals surface area contributed by atoms with Crippen molar-refractivity contribution in [3.8, 4) is 0 Å². The second-order valence-electron chi connectivity index (χ2n) is 22.4. The zero-order valence-electron chi connectivity index (χ0n) is 43.8. The Hall–Kier alpha value is -6.27. The molecule has 5 heterocycles. The molecule has 16 nitrogen and oxygen atoms in total. The SMILES string of the molecule is CC(C)(C)OC(=O)N1CCCC(c2ccc(F)c(C(=O)N[C@@H](C(=O)N3CCN(CC4CCN(CC(=O)N5CCN(C(=O)c6cc(Cc7n[nH]c(=O)c8ccccc78)ccc6F)CC5)CC4)CC3)C3CCCCC3)c2)C1. The molecule has 0 spiro atoms. The summed E-state index contributed by atoms with van der Waals surface area (Å²) >= 11 is 0. The predicted molar refractivity (Wildman–Crippen MR) is 280 cm³/mol. The summed E-state index contributed by atoms with van der Waals surface area (Å²) in [5, 5.41) is 11.0. The van der Waals surface area contributed by atoms with Crippen LogP contribution in [0, 0.1) is 23.5 Å². The molecule has 5 fully saturated rings. The van der Waals surface area contributed by atoms with Gasteiger partial charge in [-0.15, -0.1) is 0 Å². The van der Waals surface area contributed by atoms with Crippen LogP contribution < -0.4 is 10.9 Å². The van der Waals surface area contributed by atoms with Crippen LogP contribution in [0.1, 0.15) is 122 Å². The number of rotatable bonds is 12. The summed E-state index contributed by atoms with van der Waals surface area (Å²) in [5.41, 5.74) is 1.04. The molecule has 402 valence electrons. The maximum atomic E-state index is 15.5. The van der Waals surface area contributed by atoms with E-state index in [9.17, 15) is 28.8 Å². The first-order valence-corrected chi connectivity index (χ1v) is 27.2. The number of aromatic nitrogens is 2. The number of halogens is 2. The van der Waals surface area contributed by atoms with Crippen LogP contribution in [0.3, 0.4) is 0 Å². The number of carbonyl (C=O) groups is 5. The normalized spacial score (nSPS) is 20.3. The number of ether oxygens (including phenoxy) is 1. The summed E-state index contributed by atoms with van der Waals surface area (Å²) in [6.45, 7) is 13.1. The topological polar surface area (TPSA) is 172 Å². The first-order chi connectivity index (χ1) is 36.1. The molecule has 4 aromatic rings. The fourth-order valence-corrected chi connectivity index (χ4v) is 11.8. The van der Waals surface area contributed by atoms with Gasteiger partial charge in [-0.3, -0.25) is 33.8 Å². The Labute approximate surface area is 438 Å². The summed E-state index contributed by atoms with van der Waals surface area (Å²) in [7, 11) is 0. The minimum atomic E-state index is -0.753. The number of amides is 5. The van der Waals surface area contributed by atoms with E-state index in [1.807, 2.05) is 37.8 Å². The highest BCUT2D eigenvalue weighted by Gasteiger charge is 2.37. The van der Waals surface area contributed by atoms with E-state index in [4.69, 9.17) is 4.74 Å². The van der Waals surface area contributed by atoms with Crippen LogP contribution in [0.25, 0.3) is 10.8 Å². The summed E-state index contributed by atoms with van der Waals surface area (Å²) < 4.78 is 36.2. The molecule has 5 aliphatic rings. The number of benzene rings is 3. The van der Waals surface area contributed by atoms with Gasteiger partial charge in [0.1, 0.15) is 23.3 Å². The molecule has 2 atom stereocenters. The molecule has 9 rings (SSSR count). The lowest BCUT2D eigenvalue weighted by atomic mass is 9.83. The van der Waals surface area contributed by atoms with E-state index in [-0.39, 0.29) is 46.4 Å². The second kappa shape index (κ2) is 23.7.